The third kappa shape index (κ3) is 3.22. The second-order valence-electron chi connectivity index (χ2n) is 4.14. The molecule has 5 heteroatoms. The quantitative estimate of drug-likeness (QED) is 0.918. The summed E-state index contributed by atoms with van der Waals surface area (Å²) in [7, 11) is 1.57. The Labute approximate surface area is 122 Å². The van der Waals surface area contributed by atoms with Crippen molar-refractivity contribution in [1.29, 1.82) is 0 Å². The molecule has 0 radical (unpaired) electrons. The number of carboxylic acids is 1. The number of anilines is 1. The molecule has 0 amide bonds. The average Bonchev–Trinajstić information content (AvgIpc) is 2.45. The number of methoxy groups -OCH3 is 1. The number of carboxylic acid groups (broad SMARTS) is 1. The zero-order valence-electron chi connectivity index (χ0n) is 10.9. The van der Waals surface area contributed by atoms with Gasteiger partial charge in [-0.25, -0.2) is 0 Å². The first kappa shape index (κ1) is 14.2. The van der Waals surface area contributed by atoms with Gasteiger partial charge < -0.3 is 20.0 Å². The first-order valence-corrected chi connectivity index (χ1v) is 6.36. The molecule has 1 N–H and O–H groups in total. The van der Waals surface area contributed by atoms with E-state index in [9.17, 15) is 9.90 Å². The van der Waals surface area contributed by atoms with Gasteiger partial charge in [0, 0.05) is 28.4 Å². The molecule has 4 nitrogen and oxygen atoms in total. The monoisotopic (exact) mass is 290 g/mol. The van der Waals surface area contributed by atoms with Crippen molar-refractivity contribution in [1.82, 2.24) is 0 Å². The van der Waals surface area contributed by atoms with Gasteiger partial charge in [-0.15, -0.1) is 0 Å². The number of nitrogens with one attached hydrogen (secondary N) is 1. The highest BCUT2D eigenvalue weighted by molar-refractivity contribution is 6.30. The minimum atomic E-state index is -1.22. The highest BCUT2D eigenvalue weighted by Gasteiger charge is 2.06. The van der Waals surface area contributed by atoms with Crippen LogP contribution in [-0.4, -0.2) is 13.1 Å². The summed E-state index contributed by atoms with van der Waals surface area (Å²) in [6, 6.07) is 11.9. The predicted molar refractivity (Wildman–Crippen MR) is 76.1 cm³/mol. The first-order chi connectivity index (χ1) is 9.61. The summed E-state index contributed by atoms with van der Waals surface area (Å²) in [5.74, 6) is -0.529. The summed E-state index contributed by atoms with van der Waals surface area (Å²) in [6.45, 7) is 0.397. The Bertz CT molecular complexity index is 628. The van der Waals surface area contributed by atoms with Gasteiger partial charge >= 0.3 is 0 Å². The van der Waals surface area contributed by atoms with Crippen LogP contribution in [0.15, 0.2) is 42.5 Å². The lowest BCUT2D eigenvalue weighted by molar-refractivity contribution is -0.254. The molecule has 0 saturated heterocycles. The second kappa shape index (κ2) is 6.30. The third-order valence-electron chi connectivity index (χ3n) is 2.86. The number of benzene rings is 2. The molecule has 20 heavy (non-hydrogen) atoms. The van der Waals surface area contributed by atoms with Crippen molar-refractivity contribution in [2.45, 2.75) is 6.54 Å². The number of rotatable bonds is 5. The number of hydrogen-bond acceptors (Lipinski definition) is 4. The van der Waals surface area contributed by atoms with Crippen molar-refractivity contribution < 1.29 is 14.6 Å². The van der Waals surface area contributed by atoms with E-state index in [2.05, 4.69) is 5.32 Å². The van der Waals surface area contributed by atoms with Crippen LogP contribution in [-0.2, 0) is 6.54 Å². The van der Waals surface area contributed by atoms with Crippen LogP contribution in [0.4, 0.5) is 5.69 Å². The molecule has 0 saturated carbocycles. The largest absolute Gasteiger partial charge is 0.545 e. The minimum Gasteiger partial charge on any atom is -0.545 e. The van der Waals surface area contributed by atoms with E-state index in [1.165, 1.54) is 6.07 Å². The maximum atomic E-state index is 11.0. The van der Waals surface area contributed by atoms with Gasteiger partial charge in [-0.2, -0.15) is 0 Å². The SMILES string of the molecule is COc1ccc(Cl)cc1CNc1ccccc1C(=O)[O-]. The lowest BCUT2D eigenvalue weighted by Gasteiger charge is -2.14. The number of carbonyl (C=O) groups is 1. The summed E-state index contributed by atoms with van der Waals surface area (Å²) < 4.78 is 5.24. The molecule has 0 unspecified atom stereocenters. The fourth-order valence-electron chi connectivity index (χ4n) is 1.89. The van der Waals surface area contributed by atoms with Crippen LogP contribution < -0.4 is 15.2 Å². The van der Waals surface area contributed by atoms with Crippen molar-refractivity contribution in [3.63, 3.8) is 0 Å². The van der Waals surface area contributed by atoms with Crippen LogP contribution >= 0.6 is 11.6 Å². The normalized spacial score (nSPS) is 10.1. The highest BCUT2D eigenvalue weighted by Crippen LogP contribution is 2.24. The van der Waals surface area contributed by atoms with E-state index in [0.717, 1.165) is 5.56 Å². The Kier molecular flexibility index (Phi) is 4.48. The van der Waals surface area contributed by atoms with Crippen LogP contribution in [0.2, 0.25) is 5.02 Å². The molecular weight excluding hydrogens is 278 g/mol. The van der Waals surface area contributed by atoms with E-state index < -0.39 is 5.97 Å². The van der Waals surface area contributed by atoms with Crippen molar-refractivity contribution >= 4 is 23.3 Å². The van der Waals surface area contributed by atoms with Crippen LogP contribution in [0.3, 0.4) is 0 Å². The predicted octanol–water partition coefficient (Wildman–Crippen LogP) is 2.32. The molecule has 0 aromatic heterocycles. The van der Waals surface area contributed by atoms with Gasteiger partial charge in [0.25, 0.3) is 0 Å². The fraction of sp³-hybridized carbons (Fsp3) is 0.133. The maximum Gasteiger partial charge on any atom is 0.123 e. The van der Waals surface area contributed by atoms with Crippen LogP contribution in [0.1, 0.15) is 15.9 Å². The van der Waals surface area contributed by atoms with E-state index in [1.54, 1.807) is 43.5 Å². The molecule has 0 heterocycles. The zero-order valence-corrected chi connectivity index (χ0v) is 11.6. The average molecular weight is 291 g/mol. The molecular formula is C15H13ClNO3-. The Morgan fingerprint density at radius 2 is 2.05 bits per heavy atom. The van der Waals surface area contributed by atoms with E-state index in [0.29, 0.717) is 23.0 Å². The maximum absolute atomic E-state index is 11.0. The number of hydrogen-bond donors (Lipinski definition) is 1. The summed E-state index contributed by atoms with van der Waals surface area (Å²) in [6.07, 6.45) is 0. The summed E-state index contributed by atoms with van der Waals surface area (Å²) in [5, 5.41) is 14.7. The number of aromatic carboxylic acids is 1. The summed E-state index contributed by atoms with van der Waals surface area (Å²) in [5.41, 5.74) is 1.45. The second-order valence-corrected chi connectivity index (χ2v) is 4.58. The Morgan fingerprint density at radius 1 is 1.30 bits per heavy atom. The molecule has 0 aliphatic heterocycles. The van der Waals surface area contributed by atoms with E-state index in [4.69, 9.17) is 16.3 Å². The van der Waals surface area contributed by atoms with Crippen molar-refractivity contribution in [2.75, 3.05) is 12.4 Å². The van der Waals surface area contributed by atoms with Gasteiger partial charge in [0.1, 0.15) is 5.75 Å². The third-order valence-corrected chi connectivity index (χ3v) is 3.09. The summed E-state index contributed by atoms with van der Waals surface area (Å²) in [4.78, 5) is 11.0. The van der Waals surface area contributed by atoms with Crippen LogP contribution in [0.5, 0.6) is 5.75 Å². The molecule has 0 atom stereocenters. The van der Waals surface area contributed by atoms with Crippen LogP contribution in [0, 0.1) is 0 Å². The molecule has 0 spiro atoms. The van der Waals surface area contributed by atoms with Gasteiger partial charge in [0.2, 0.25) is 0 Å². The molecule has 2 aromatic carbocycles. The number of halogens is 1. The molecule has 0 bridgehead atoms. The highest BCUT2D eigenvalue weighted by atomic mass is 35.5. The fourth-order valence-corrected chi connectivity index (χ4v) is 2.09. The topological polar surface area (TPSA) is 61.4 Å². The van der Waals surface area contributed by atoms with Crippen molar-refractivity contribution in [3.8, 4) is 5.75 Å². The molecule has 0 fully saturated rings. The minimum absolute atomic E-state index is 0.119. The number of ether oxygens (including phenoxy) is 1. The summed E-state index contributed by atoms with van der Waals surface area (Å²) >= 11 is 5.95. The molecule has 104 valence electrons. The van der Waals surface area contributed by atoms with Gasteiger partial charge in [0.05, 0.1) is 13.1 Å². The lowest BCUT2D eigenvalue weighted by atomic mass is 10.1. The first-order valence-electron chi connectivity index (χ1n) is 5.98. The van der Waals surface area contributed by atoms with Crippen LogP contribution in [0.25, 0.3) is 0 Å². The lowest BCUT2D eigenvalue weighted by Crippen LogP contribution is -2.23. The van der Waals surface area contributed by atoms with Crippen molar-refractivity contribution in [3.05, 3.63) is 58.6 Å². The molecule has 0 aliphatic carbocycles. The van der Waals surface area contributed by atoms with Gasteiger partial charge in [-0.3, -0.25) is 0 Å². The number of para-hydroxylation sites is 1. The van der Waals surface area contributed by atoms with Crippen molar-refractivity contribution in [2.24, 2.45) is 0 Å². The van der Waals surface area contributed by atoms with E-state index in [-0.39, 0.29) is 5.56 Å². The van der Waals surface area contributed by atoms with Gasteiger partial charge in [-0.1, -0.05) is 29.8 Å². The smallest absolute Gasteiger partial charge is 0.123 e. The molecule has 0 aliphatic rings. The Hall–Kier alpha value is -2.20. The van der Waals surface area contributed by atoms with Gasteiger partial charge in [-0.05, 0) is 24.3 Å². The Morgan fingerprint density at radius 3 is 2.75 bits per heavy atom. The molecule has 2 rings (SSSR count). The zero-order chi connectivity index (χ0) is 14.5. The van der Waals surface area contributed by atoms with E-state index >= 15 is 0 Å². The Balaban J connectivity index is 2.21. The van der Waals surface area contributed by atoms with Gasteiger partial charge in [0.15, 0.2) is 0 Å². The standard InChI is InChI=1S/C15H14ClNO3/c1-20-14-7-6-11(16)8-10(14)9-17-13-5-3-2-4-12(13)15(18)19/h2-8,17H,9H2,1H3,(H,18,19)/p-1. The number of carbonyl (C=O) groups excluding carboxylic acids is 1. The van der Waals surface area contributed by atoms with E-state index in [1.807, 2.05) is 0 Å². The molecule has 2 aromatic rings.